The number of carbonyl (C=O) groups excluding carboxylic acids is 1. The van der Waals surface area contributed by atoms with Gasteiger partial charge in [0.15, 0.2) is 11.5 Å². The second-order valence-electron chi connectivity index (χ2n) is 5.48. The van der Waals surface area contributed by atoms with Gasteiger partial charge in [-0.2, -0.15) is 5.26 Å². The second kappa shape index (κ2) is 14.7. The fraction of sp³-hybridized carbons (Fsp3) is 0.474. The smallest absolute Gasteiger partial charge is 0.417 e. The molecule has 1 aromatic carbocycles. The van der Waals surface area contributed by atoms with E-state index in [1.807, 2.05) is 12.1 Å². The maximum atomic E-state index is 10.4. The normalized spacial score (nSPS) is 9.45. The van der Waals surface area contributed by atoms with Crippen LogP contribution in [0.3, 0.4) is 0 Å². The Morgan fingerprint density at radius 2 is 1.66 bits per heavy atom. The van der Waals surface area contributed by atoms with Gasteiger partial charge in [0.05, 0.1) is 39.7 Å². The third kappa shape index (κ3) is 10.6. The summed E-state index contributed by atoms with van der Waals surface area (Å²) >= 11 is 0. The summed E-state index contributed by atoms with van der Waals surface area (Å²) in [5.41, 5.74) is 1.90. The number of ether oxygens (including phenoxy) is 3. The molecule has 0 spiro atoms. The van der Waals surface area contributed by atoms with Crippen LogP contribution in [0.2, 0.25) is 0 Å². The van der Waals surface area contributed by atoms with E-state index in [-0.39, 0.29) is 13.0 Å². The summed E-state index contributed by atoms with van der Waals surface area (Å²) in [6, 6.07) is 5.81. The fourth-order valence-electron chi connectivity index (χ4n) is 2.18. The van der Waals surface area contributed by atoms with Crippen molar-refractivity contribution >= 4 is 17.9 Å². The number of aliphatic carboxylic acids is 2. The molecule has 10 heteroatoms. The molecule has 0 aromatic heterocycles. The van der Waals surface area contributed by atoms with Crippen LogP contribution in [0.25, 0.3) is 0 Å². The molecule has 0 unspecified atom stereocenters. The van der Waals surface area contributed by atoms with Gasteiger partial charge in [-0.3, -0.25) is 4.79 Å². The van der Waals surface area contributed by atoms with Crippen molar-refractivity contribution in [1.29, 1.82) is 5.26 Å². The van der Waals surface area contributed by atoms with Crippen LogP contribution in [0.5, 0.6) is 11.5 Å². The molecule has 0 bridgehead atoms. The van der Waals surface area contributed by atoms with E-state index in [2.05, 4.69) is 16.1 Å². The van der Waals surface area contributed by atoms with Crippen LogP contribution in [0.1, 0.15) is 24.5 Å². The van der Waals surface area contributed by atoms with Gasteiger partial charge >= 0.3 is 17.9 Å². The first-order valence-corrected chi connectivity index (χ1v) is 8.73. The molecule has 0 atom stereocenters. The second-order valence-corrected chi connectivity index (χ2v) is 5.48. The highest BCUT2D eigenvalue weighted by Gasteiger charge is 2.11. The summed E-state index contributed by atoms with van der Waals surface area (Å²) in [6.45, 7) is 2.71. The molecule has 0 heterocycles. The summed E-state index contributed by atoms with van der Waals surface area (Å²) in [5, 5.41) is 28.4. The molecular formula is C19H26N2O8. The van der Waals surface area contributed by atoms with E-state index < -0.39 is 17.9 Å². The molecule has 0 aliphatic rings. The maximum Gasteiger partial charge on any atom is 0.417 e. The van der Waals surface area contributed by atoms with Crippen LogP contribution in [0.4, 0.5) is 0 Å². The highest BCUT2D eigenvalue weighted by Crippen LogP contribution is 2.31. The zero-order valence-corrected chi connectivity index (χ0v) is 16.7. The van der Waals surface area contributed by atoms with E-state index in [4.69, 9.17) is 24.9 Å². The Hall–Kier alpha value is -3.32. The lowest BCUT2D eigenvalue weighted by Gasteiger charge is -2.13. The molecule has 0 aliphatic carbocycles. The zero-order chi connectivity index (χ0) is 22.2. The number of nitriles is 1. The molecule has 0 saturated heterocycles. The van der Waals surface area contributed by atoms with Crippen LogP contribution < -0.4 is 14.8 Å². The van der Waals surface area contributed by atoms with E-state index in [1.165, 1.54) is 0 Å². The first-order chi connectivity index (χ1) is 13.8. The van der Waals surface area contributed by atoms with Crippen molar-refractivity contribution in [2.45, 2.75) is 26.2 Å². The molecule has 10 nitrogen and oxygen atoms in total. The molecule has 1 rings (SSSR count). The minimum Gasteiger partial charge on any atom is -0.493 e. The summed E-state index contributed by atoms with van der Waals surface area (Å²) in [5.74, 6) is -2.34. The van der Waals surface area contributed by atoms with E-state index in [9.17, 15) is 14.4 Å². The summed E-state index contributed by atoms with van der Waals surface area (Å²) in [4.78, 5) is 30.0. The van der Waals surface area contributed by atoms with E-state index in [0.717, 1.165) is 11.1 Å². The average Bonchev–Trinajstić information content (AvgIpc) is 2.68. The number of carboxylic acids is 2. The lowest BCUT2D eigenvalue weighted by atomic mass is 10.0. The number of benzene rings is 1. The van der Waals surface area contributed by atoms with Gasteiger partial charge in [-0.25, -0.2) is 9.59 Å². The number of nitrogens with zero attached hydrogens (tertiary/aromatic N) is 1. The van der Waals surface area contributed by atoms with Crippen LogP contribution in [0.15, 0.2) is 12.1 Å². The minimum atomic E-state index is -1.55. The molecule has 0 amide bonds. The Balaban J connectivity index is 0.000000828. The predicted octanol–water partition coefficient (Wildman–Crippen LogP) is 1.01. The number of nitrogens with one attached hydrogen (secondary N) is 1. The largest absolute Gasteiger partial charge is 0.493 e. The van der Waals surface area contributed by atoms with E-state index >= 15 is 0 Å². The SMILES string of the molecule is CCOC(=O)C(=O)O.COc1cc(CC#N)c(CCNCCC(=O)O)cc1OC. The number of rotatable bonds is 10. The van der Waals surface area contributed by atoms with Crippen LogP contribution in [-0.2, 0) is 32.0 Å². The Labute approximate surface area is 169 Å². The summed E-state index contributed by atoms with van der Waals surface area (Å²) in [7, 11) is 3.12. The van der Waals surface area contributed by atoms with Gasteiger partial charge in [0.2, 0.25) is 0 Å². The Morgan fingerprint density at radius 1 is 1.07 bits per heavy atom. The number of methoxy groups -OCH3 is 2. The monoisotopic (exact) mass is 410 g/mol. The van der Waals surface area contributed by atoms with Crippen molar-refractivity contribution in [3.63, 3.8) is 0 Å². The molecule has 3 N–H and O–H groups in total. The molecule has 0 fully saturated rings. The third-order valence-electron chi connectivity index (χ3n) is 3.51. The maximum absolute atomic E-state index is 10.4. The minimum absolute atomic E-state index is 0.0942. The third-order valence-corrected chi connectivity index (χ3v) is 3.51. The molecule has 1 aromatic rings. The molecule has 0 radical (unpaired) electrons. The van der Waals surface area contributed by atoms with Crippen molar-refractivity contribution in [3.05, 3.63) is 23.3 Å². The van der Waals surface area contributed by atoms with Gasteiger partial charge in [-0.1, -0.05) is 0 Å². The number of hydrogen-bond donors (Lipinski definition) is 3. The van der Waals surface area contributed by atoms with Gasteiger partial charge in [0.1, 0.15) is 0 Å². The lowest BCUT2D eigenvalue weighted by Crippen LogP contribution is -2.21. The van der Waals surface area contributed by atoms with Gasteiger partial charge in [0.25, 0.3) is 0 Å². The molecule has 29 heavy (non-hydrogen) atoms. The average molecular weight is 410 g/mol. The predicted molar refractivity (Wildman–Crippen MR) is 102 cm³/mol. The number of hydrogen-bond acceptors (Lipinski definition) is 8. The molecule has 0 aliphatic heterocycles. The van der Waals surface area contributed by atoms with Crippen LogP contribution in [0, 0.1) is 11.3 Å². The lowest BCUT2D eigenvalue weighted by molar-refractivity contribution is -0.163. The van der Waals surface area contributed by atoms with Gasteiger partial charge in [-0.05, 0) is 43.1 Å². The topological polar surface area (TPSA) is 155 Å². The zero-order valence-electron chi connectivity index (χ0n) is 16.7. The number of carboxylic acid groups (broad SMARTS) is 2. The first kappa shape index (κ1) is 25.7. The van der Waals surface area contributed by atoms with Gasteiger partial charge < -0.3 is 29.7 Å². The van der Waals surface area contributed by atoms with Crippen molar-refractivity contribution in [3.8, 4) is 17.6 Å². The Kier molecular flexibility index (Phi) is 13.0. The van der Waals surface area contributed by atoms with E-state index in [1.54, 1.807) is 21.1 Å². The standard InChI is InChI=1S/C15H20N2O4.C4H6O4/c1-20-13-9-11(3-6-16)12(10-14(13)21-2)4-7-17-8-5-15(18)19;1-2-8-4(7)3(5)6/h9-10,17H,3-5,7-8H2,1-2H3,(H,18,19);2H2,1H3,(H,5,6). The van der Waals surface area contributed by atoms with Crippen molar-refractivity contribution in [2.24, 2.45) is 0 Å². The summed E-state index contributed by atoms with van der Waals surface area (Å²) < 4.78 is 14.6. The number of carbonyl (C=O) groups is 3. The molecule has 0 saturated carbocycles. The molecular weight excluding hydrogens is 384 g/mol. The highest BCUT2D eigenvalue weighted by atomic mass is 16.6. The first-order valence-electron chi connectivity index (χ1n) is 8.73. The van der Waals surface area contributed by atoms with Crippen molar-refractivity contribution in [2.75, 3.05) is 33.9 Å². The van der Waals surface area contributed by atoms with E-state index in [0.29, 0.717) is 37.4 Å². The van der Waals surface area contributed by atoms with Crippen LogP contribution in [-0.4, -0.2) is 62.0 Å². The van der Waals surface area contributed by atoms with Crippen LogP contribution >= 0.6 is 0 Å². The summed E-state index contributed by atoms with van der Waals surface area (Å²) in [6.07, 6.45) is 1.08. The number of esters is 1. The highest BCUT2D eigenvalue weighted by molar-refractivity contribution is 6.28. The fourth-order valence-corrected chi connectivity index (χ4v) is 2.18. The van der Waals surface area contributed by atoms with Gasteiger partial charge in [-0.15, -0.1) is 0 Å². The van der Waals surface area contributed by atoms with Crippen molar-refractivity contribution < 1.29 is 38.8 Å². The Morgan fingerprint density at radius 3 is 2.07 bits per heavy atom. The quantitative estimate of drug-likeness (QED) is 0.289. The molecule has 160 valence electrons. The van der Waals surface area contributed by atoms with Gasteiger partial charge in [0, 0.05) is 6.54 Å². The Bertz CT molecular complexity index is 728. The van der Waals surface area contributed by atoms with Crippen molar-refractivity contribution in [1.82, 2.24) is 5.32 Å².